The molecule has 1 N–H and O–H groups in total. The first kappa shape index (κ1) is 24.8. The van der Waals surface area contributed by atoms with Crippen molar-refractivity contribution in [3.8, 4) is 11.5 Å². The Morgan fingerprint density at radius 2 is 1.54 bits per heavy atom. The molecule has 3 aromatic rings. The normalized spacial score (nSPS) is 15.0. The quantitative estimate of drug-likeness (QED) is 0.423. The average molecular weight is 475 g/mol. The van der Waals surface area contributed by atoms with E-state index in [9.17, 15) is 9.90 Å². The second-order valence-corrected chi connectivity index (χ2v) is 8.83. The predicted octanol–water partition coefficient (Wildman–Crippen LogP) is 4.07. The fourth-order valence-corrected chi connectivity index (χ4v) is 4.46. The minimum atomic E-state index is -0.639. The second kappa shape index (κ2) is 12.4. The minimum absolute atomic E-state index is 0.0476. The highest BCUT2D eigenvalue weighted by molar-refractivity contribution is 5.98. The number of benzene rings is 3. The van der Waals surface area contributed by atoms with E-state index in [-0.39, 0.29) is 12.4 Å². The summed E-state index contributed by atoms with van der Waals surface area (Å²) in [4.78, 5) is 17.4. The minimum Gasteiger partial charge on any atom is -0.495 e. The summed E-state index contributed by atoms with van der Waals surface area (Å²) < 4.78 is 11.4. The van der Waals surface area contributed by atoms with Crippen LogP contribution in [0.3, 0.4) is 0 Å². The molecule has 1 aliphatic rings. The van der Waals surface area contributed by atoms with Gasteiger partial charge in [-0.3, -0.25) is 9.69 Å². The van der Waals surface area contributed by atoms with Crippen molar-refractivity contribution in [2.24, 2.45) is 0 Å². The summed E-state index contributed by atoms with van der Waals surface area (Å²) in [7, 11) is 1.69. The Hall–Kier alpha value is -3.35. The summed E-state index contributed by atoms with van der Waals surface area (Å²) in [6.07, 6.45) is 0.473. The SMILES string of the molecule is COc1ccccc1N1CCN(C[C@@H](O)COc2ccccc2C(=O)CCc2ccccc2)CC1. The third-order valence-corrected chi connectivity index (χ3v) is 6.37. The van der Waals surface area contributed by atoms with Crippen LogP contribution in [0.4, 0.5) is 5.69 Å². The van der Waals surface area contributed by atoms with E-state index in [1.165, 1.54) is 0 Å². The molecule has 184 valence electrons. The Labute approximate surface area is 207 Å². The molecular weight excluding hydrogens is 440 g/mol. The first-order chi connectivity index (χ1) is 17.1. The fraction of sp³-hybridized carbons (Fsp3) is 0.345. The van der Waals surface area contributed by atoms with Gasteiger partial charge in [-0.15, -0.1) is 0 Å². The number of Topliss-reactive ketones (excluding diaryl/α,β-unsaturated/α-hetero) is 1. The van der Waals surface area contributed by atoms with E-state index in [0.717, 1.165) is 43.2 Å². The maximum atomic E-state index is 12.8. The van der Waals surface area contributed by atoms with Crippen molar-refractivity contribution < 1.29 is 19.4 Å². The second-order valence-electron chi connectivity index (χ2n) is 8.83. The van der Waals surface area contributed by atoms with Gasteiger partial charge in [0.1, 0.15) is 24.2 Å². The Balaban J connectivity index is 1.25. The van der Waals surface area contributed by atoms with E-state index in [4.69, 9.17) is 9.47 Å². The van der Waals surface area contributed by atoms with Gasteiger partial charge in [-0.25, -0.2) is 0 Å². The monoisotopic (exact) mass is 474 g/mol. The van der Waals surface area contributed by atoms with Gasteiger partial charge >= 0.3 is 0 Å². The smallest absolute Gasteiger partial charge is 0.166 e. The van der Waals surface area contributed by atoms with E-state index in [1.54, 1.807) is 19.2 Å². The van der Waals surface area contributed by atoms with Crippen LogP contribution in [0.1, 0.15) is 22.3 Å². The highest BCUT2D eigenvalue weighted by Gasteiger charge is 2.22. The lowest BCUT2D eigenvalue weighted by Crippen LogP contribution is -2.49. The molecule has 0 aromatic heterocycles. The summed E-state index contributed by atoms with van der Waals surface area (Å²) in [5.74, 6) is 1.46. The average Bonchev–Trinajstić information content (AvgIpc) is 2.91. The summed E-state index contributed by atoms with van der Waals surface area (Å²) in [5.41, 5.74) is 2.81. The molecule has 6 nitrogen and oxygen atoms in total. The molecule has 0 amide bonds. The number of carbonyl (C=O) groups is 1. The number of aliphatic hydroxyl groups is 1. The van der Waals surface area contributed by atoms with Crippen LogP contribution in [-0.2, 0) is 6.42 Å². The third kappa shape index (κ3) is 6.84. The molecular formula is C29H34N2O4. The number of hydrogen-bond acceptors (Lipinski definition) is 6. The number of anilines is 1. The largest absolute Gasteiger partial charge is 0.495 e. The Morgan fingerprint density at radius 3 is 2.29 bits per heavy atom. The van der Waals surface area contributed by atoms with Crippen molar-refractivity contribution in [1.29, 1.82) is 0 Å². The van der Waals surface area contributed by atoms with Crippen LogP contribution in [0.2, 0.25) is 0 Å². The summed E-state index contributed by atoms with van der Waals surface area (Å²) in [5, 5.41) is 10.6. The highest BCUT2D eigenvalue weighted by atomic mass is 16.5. The number of ketones is 1. The molecule has 6 heteroatoms. The van der Waals surface area contributed by atoms with Gasteiger partial charge in [0.2, 0.25) is 0 Å². The topological polar surface area (TPSA) is 62.2 Å². The molecule has 1 saturated heterocycles. The van der Waals surface area contributed by atoms with Gasteiger partial charge < -0.3 is 19.5 Å². The number of nitrogens with zero attached hydrogens (tertiary/aromatic N) is 2. The first-order valence-corrected chi connectivity index (χ1v) is 12.2. The third-order valence-electron chi connectivity index (χ3n) is 6.37. The van der Waals surface area contributed by atoms with Crippen LogP contribution in [0.25, 0.3) is 0 Å². The van der Waals surface area contributed by atoms with E-state index in [0.29, 0.717) is 30.7 Å². The molecule has 35 heavy (non-hydrogen) atoms. The van der Waals surface area contributed by atoms with Crippen molar-refractivity contribution in [3.05, 3.63) is 90.0 Å². The molecule has 0 radical (unpaired) electrons. The fourth-order valence-electron chi connectivity index (χ4n) is 4.46. The summed E-state index contributed by atoms with van der Waals surface area (Å²) >= 11 is 0. The van der Waals surface area contributed by atoms with Crippen LogP contribution in [0, 0.1) is 0 Å². The lowest BCUT2D eigenvalue weighted by atomic mass is 10.0. The number of hydrogen-bond donors (Lipinski definition) is 1. The van der Waals surface area contributed by atoms with E-state index >= 15 is 0 Å². The zero-order chi connectivity index (χ0) is 24.5. The Bertz CT molecular complexity index is 1080. The van der Waals surface area contributed by atoms with Gasteiger partial charge in [-0.05, 0) is 36.2 Å². The number of rotatable bonds is 11. The number of aliphatic hydroxyl groups excluding tert-OH is 1. The van der Waals surface area contributed by atoms with Gasteiger partial charge in [-0.1, -0.05) is 54.6 Å². The number of para-hydroxylation sites is 3. The van der Waals surface area contributed by atoms with Gasteiger partial charge in [0.25, 0.3) is 0 Å². The number of piperazine rings is 1. The number of aryl methyl sites for hydroxylation is 1. The Kier molecular flexibility index (Phi) is 8.76. The number of methoxy groups -OCH3 is 1. The zero-order valence-corrected chi connectivity index (χ0v) is 20.3. The standard InChI is InChI=1S/C29H34N2O4/c1-34-29-14-8-6-12-26(29)31-19-17-30(18-20-31)21-24(32)22-35-28-13-7-5-11-25(28)27(33)16-15-23-9-3-2-4-10-23/h2-14,24,32H,15-22H2,1H3/t24-/m1/s1. The molecule has 3 aromatic carbocycles. The number of ether oxygens (including phenoxy) is 2. The summed E-state index contributed by atoms with van der Waals surface area (Å²) in [6.45, 7) is 4.12. The van der Waals surface area contributed by atoms with Gasteiger partial charge in [0.15, 0.2) is 5.78 Å². The maximum absolute atomic E-state index is 12.8. The van der Waals surface area contributed by atoms with Crippen LogP contribution in [0.5, 0.6) is 11.5 Å². The summed E-state index contributed by atoms with van der Waals surface area (Å²) in [6, 6.07) is 25.4. The maximum Gasteiger partial charge on any atom is 0.166 e. The van der Waals surface area contributed by atoms with E-state index in [2.05, 4.69) is 15.9 Å². The number of carbonyl (C=O) groups excluding carboxylic acids is 1. The zero-order valence-electron chi connectivity index (χ0n) is 20.3. The Morgan fingerprint density at radius 1 is 0.886 bits per heavy atom. The van der Waals surface area contributed by atoms with Gasteiger partial charge in [0, 0.05) is 39.1 Å². The molecule has 0 spiro atoms. The molecule has 0 bridgehead atoms. The predicted molar refractivity (Wildman–Crippen MR) is 139 cm³/mol. The lowest BCUT2D eigenvalue weighted by Gasteiger charge is -2.37. The van der Waals surface area contributed by atoms with Crippen LogP contribution in [0.15, 0.2) is 78.9 Å². The first-order valence-electron chi connectivity index (χ1n) is 12.2. The molecule has 0 aliphatic carbocycles. The van der Waals surface area contributed by atoms with Crippen molar-refractivity contribution in [2.45, 2.75) is 18.9 Å². The molecule has 1 aliphatic heterocycles. The lowest BCUT2D eigenvalue weighted by molar-refractivity contribution is 0.0655. The van der Waals surface area contributed by atoms with Gasteiger partial charge in [0.05, 0.1) is 18.4 Å². The van der Waals surface area contributed by atoms with Crippen molar-refractivity contribution >= 4 is 11.5 Å². The van der Waals surface area contributed by atoms with Crippen molar-refractivity contribution in [2.75, 3.05) is 51.3 Å². The molecule has 0 unspecified atom stereocenters. The van der Waals surface area contributed by atoms with E-state index in [1.807, 2.05) is 60.7 Å². The van der Waals surface area contributed by atoms with Crippen LogP contribution < -0.4 is 14.4 Å². The van der Waals surface area contributed by atoms with Gasteiger partial charge in [-0.2, -0.15) is 0 Å². The molecule has 1 heterocycles. The molecule has 0 saturated carbocycles. The van der Waals surface area contributed by atoms with Crippen molar-refractivity contribution in [3.63, 3.8) is 0 Å². The molecule has 4 rings (SSSR count). The molecule has 1 fully saturated rings. The van der Waals surface area contributed by atoms with Crippen molar-refractivity contribution in [1.82, 2.24) is 4.90 Å². The highest BCUT2D eigenvalue weighted by Crippen LogP contribution is 2.28. The van der Waals surface area contributed by atoms with Crippen LogP contribution in [-0.4, -0.2) is 68.3 Å². The van der Waals surface area contributed by atoms with E-state index < -0.39 is 6.10 Å². The van der Waals surface area contributed by atoms with Crippen LogP contribution >= 0.6 is 0 Å². The number of β-amino-alcohol motifs (C(OH)–C–C–N with tert-alkyl or cyclic N) is 1. The molecule has 1 atom stereocenters.